The summed E-state index contributed by atoms with van der Waals surface area (Å²) in [5.41, 5.74) is -6.15. The smallest absolute Gasteiger partial charge is 0.323 e. The fraction of sp³-hybridized carbons (Fsp3) is 1.00. The molecule has 1 rings (SSSR count). The van der Waals surface area contributed by atoms with Crippen LogP contribution in [0.4, 0.5) is 0 Å². The molecule has 0 spiro atoms. The number of rotatable bonds is 7. The first-order valence-electron chi connectivity index (χ1n) is 6.95. The third-order valence-electron chi connectivity index (χ3n) is 3.73. The highest BCUT2D eigenvalue weighted by Crippen LogP contribution is 2.69. The Kier molecular flexibility index (Phi) is 7.45. The van der Waals surface area contributed by atoms with Gasteiger partial charge in [0.05, 0.1) is 0 Å². The van der Waals surface area contributed by atoms with Gasteiger partial charge in [-0.3, -0.25) is 23.2 Å². The Morgan fingerprint density at radius 3 is 1.12 bits per heavy atom. The van der Waals surface area contributed by atoms with Gasteiger partial charge in [-0.05, 0) is 12.8 Å². The summed E-state index contributed by atoms with van der Waals surface area (Å²) in [6, 6.07) is -1.23. The molecule has 0 aromatic carbocycles. The summed E-state index contributed by atoms with van der Waals surface area (Å²) in [6.07, 6.45) is 1.45. The molecule has 0 unspecified atom stereocenters. The average molecular weight is 447 g/mol. The monoisotopic (exact) mass is 447 g/mol. The summed E-state index contributed by atoms with van der Waals surface area (Å²) in [5, 5.41) is 0. The van der Waals surface area contributed by atoms with Crippen molar-refractivity contribution in [2.24, 2.45) is 0 Å². The maximum atomic E-state index is 11.7. The second-order valence-corrected chi connectivity index (χ2v) is 13.3. The molecule has 150 valence electrons. The number of hydrogen-bond acceptors (Lipinski definition) is 5. The van der Waals surface area contributed by atoms with Gasteiger partial charge < -0.3 is 39.1 Å². The molecule has 1 aliphatic rings. The highest BCUT2D eigenvalue weighted by atomic mass is 31.2. The minimum Gasteiger partial charge on any atom is -0.323 e. The second-order valence-electron chi connectivity index (χ2n) is 5.79. The van der Waals surface area contributed by atoms with Crippen LogP contribution in [-0.4, -0.2) is 61.1 Å². The average Bonchev–Trinajstić information content (AvgIpc) is 2.32. The fourth-order valence-corrected chi connectivity index (χ4v) is 9.20. The molecule has 0 aromatic heterocycles. The van der Waals surface area contributed by atoms with Gasteiger partial charge in [-0.1, -0.05) is 19.3 Å². The molecule has 0 saturated heterocycles. The van der Waals surface area contributed by atoms with Crippen molar-refractivity contribution >= 4 is 30.4 Å². The molecule has 0 radical (unpaired) electrons. The Morgan fingerprint density at radius 2 is 0.880 bits per heavy atom. The van der Waals surface area contributed by atoms with Gasteiger partial charge in [-0.25, -0.2) is 0 Å². The Morgan fingerprint density at radius 1 is 0.600 bits per heavy atom. The lowest BCUT2D eigenvalue weighted by molar-refractivity contribution is 0.127. The molecule has 1 aliphatic carbocycles. The summed E-state index contributed by atoms with van der Waals surface area (Å²) in [7, 11) is -22.9. The van der Waals surface area contributed by atoms with Crippen molar-refractivity contribution < 1.29 is 57.4 Å². The maximum absolute atomic E-state index is 11.7. The molecular formula is C8H21NO12P4. The van der Waals surface area contributed by atoms with Gasteiger partial charge in [0.15, 0.2) is 0 Å². The first kappa shape index (κ1) is 23.6. The maximum Gasteiger partial charge on any atom is 0.355 e. The predicted octanol–water partition coefficient (Wildman–Crippen LogP) is -0.101. The number of nitrogens with zero attached hydrogens (tertiary/aromatic N) is 1. The van der Waals surface area contributed by atoms with Crippen LogP contribution in [0.3, 0.4) is 0 Å². The van der Waals surface area contributed by atoms with Crippen molar-refractivity contribution in [1.82, 2.24) is 4.90 Å². The van der Waals surface area contributed by atoms with E-state index in [1.54, 1.807) is 0 Å². The van der Waals surface area contributed by atoms with E-state index in [1.165, 1.54) is 0 Å². The van der Waals surface area contributed by atoms with Crippen molar-refractivity contribution in [3.8, 4) is 0 Å². The largest absolute Gasteiger partial charge is 0.355 e. The zero-order valence-electron chi connectivity index (χ0n) is 12.7. The van der Waals surface area contributed by atoms with Crippen LogP contribution in [0.15, 0.2) is 0 Å². The summed E-state index contributed by atoms with van der Waals surface area (Å²) in [4.78, 5) is 74.9. The quantitative estimate of drug-likeness (QED) is 0.238. The topological polar surface area (TPSA) is 233 Å². The van der Waals surface area contributed by atoms with Crippen molar-refractivity contribution in [3.63, 3.8) is 0 Å². The zero-order valence-corrected chi connectivity index (χ0v) is 16.3. The third-order valence-corrected chi connectivity index (χ3v) is 10.8. The van der Waals surface area contributed by atoms with Gasteiger partial charge in [-0.15, -0.1) is 0 Å². The SMILES string of the molecule is O=P(O)(O)C(N(C1CCCCC1)C(P(=O)(O)O)P(=O)(O)O)P(=O)(O)O. The first-order valence-corrected chi connectivity index (χ1v) is 13.7. The van der Waals surface area contributed by atoms with E-state index in [4.69, 9.17) is 0 Å². The van der Waals surface area contributed by atoms with Gasteiger partial charge >= 0.3 is 30.4 Å². The van der Waals surface area contributed by atoms with E-state index in [2.05, 4.69) is 0 Å². The van der Waals surface area contributed by atoms with Gasteiger partial charge in [0.2, 0.25) is 11.0 Å². The van der Waals surface area contributed by atoms with Crippen LogP contribution in [0.5, 0.6) is 0 Å². The van der Waals surface area contributed by atoms with Crippen molar-refractivity contribution in [2.75, 3.05) is 0 Å². The van der Waals surface area contributed by atoms with Gasteiger partial charge in [0, 0.05) is 6.04 Å². The van der Waals surface area contributed by atoms with Crippen LogP contribution in [-0.2, 0) is 18.3 Å². The molecule has 17 heteroatoms. The van der Waals surface area contributed by atoms with Crippen LogP contribution in [0.25, 0.3) is 0 Å². The lowest BCUT2D eigenvalue weighted by Gasteiger charge is -2.43. The van der Waals surface area contributed by atoms with E-state index in [1.807, 2.05) is 0 Å². The Hall–Kier alpha value is 0.560. The molecule has 0 amide bonds. The molecule has 0 atom stereocenters. The molecule has 25 heavy (non-hydrogen) atoms. The van der Waals surface area contributed by atoms with E-state index in [9.17, 15) is 57.4 Å². The molecule has 1 saturated carbocycles. The van der Waals surface area contributed by atoms with E-state index < -0.39 is 47.5 Å². The van der Waals surface area contributed by atoms with E-state index in [0.717, 1.165) is 0 Å². The predicted molar refractivity (Wildman–Crippen MR) is 84.5 cm³/mol. The second kappa shape index (κ2) is 7.89. The molecule has 0 bridgehead atoms. The highest BCUT2D eigenvalue weighted by Gasteiger charge is 2.60. The highest BCUT2D eigenvalue weighted by molar-refractivity contribution is 7.72. The van der Waals surface area contributed by atoms with Crippen molar-refractivity contribution in [2.45, 2.75) is 49.2 Å². The first-order chi connectivity index (χ1) is 11.0. The van der Waals surface area contributed by atoms with Crippen molar-refractivity contribution in [3.05, 3.63) is 0 Å². The molecule has 0 aliphatic heterocycles. The standard InChI is InChI=1S/C8H21NO12P4/c10-22(11,12)7(23(13,14)15)9(6-4-2-1-3-5-6)8(24(16,17)18)25(19,20)21/h6-8H,1-5H2,(H2,10,11,12)(H2,13,14,15)(H2,16,17,18)(H2,19,20,21). The molecule has 8 N–H and O–H groups in total. The van der Waals surface area contributed by atoms with Crippen LogP contribution in [0, 0.1) is 0 Å². The van der Waals surface area contributed by atoms with Crippen LogP contribution in [0.1, 0.15) is 32.1 Å². The summed E-state index contributed by atoms with van der Waals surface area (Å²) in [5.74, 6) is 0. The van der Waals surface area contributed by atoms with Crippen LogP contribution in [0.2, 0.25) is 0 Å². The summed E-state index contributed by atoms with van der Waals surface area (Å²) in [6.45, 7) is 0. The Balaban J connectivity index is 3.67. The molecular weight excluding hydrogens is 426 g/mol. The lowest BCUT2D eigenvalue weighted by Crippen LogP contribution is -2.49. The zero-order chi connectivity index (χ0) is 19.8. The third kappa shape index (κ3) is 6.30. The molecule has 1 fully saturated rings. The van der Waals surface area contributed by atoms with Crippen LogP contribution < -0.4 is 0 Å². The van der Waals surface area contributed by atoms with E-state index in [-0.39, 0.29) is 17.7 Å². The minimum absolute atomic E-state index is 0.00694. The lowest BCUT2D eigenvalue weighted by atomic mass is 9.95. The van der Waals surface area contributed by atoms with Crippen molar-refractivity contribution in [1.29, 1.82) is 0 Å². The Bertz CT molecular complexity index is 560. The van der Waals surface area contributed by atoms with E-state index in [0.29, 0.717) is 19.3 Å². The van der Waals surface area contributed by atoms with Crippen LogP contribution >= 0.6 is 30.4 Å². The fourth-order valence-electron chi connectivity index (χ4n) is 2.96. The molecule has 0 heterocycles. The summed E-state index contributed by atoms with van der Waals surface area (Å²) < 4.78 is 46.7. The van der Waals surface area contributed by atoms with Gasteiger partial charge in [-0.2, -0.15) is 0 Å². The van der Waals surface area contributed by atoms with Gasteiger partial charge in [0.1, 0.15) is 0 Å². The minimum atomic E-state index is -5.74. The number of hydrogen-bond donors (Lipinski definition) is 8. The summed E-state index contributed by atoms with van der Waals surface area (Å²) >= 11 is 0. The molecule has 13 nitrogen and oxygen atoms in total. The Labute approximate surface area is 142 Å². The molecule has 0 aromatic rings. The van der Waals surface area contributed by atoms with Gasteiger partial charge in [0.25, 0.3) is 0 Å². The normalized spacial score (nSPS) is 19.2. The van der Waals surface area contributed by atoms with E-state index >= 15 is 0 Å².